The van der Waals surface area contributed by atoms with Gasteiger partial charge in [0.1, 0.15) is 17.0 Å². The second-order valence-electron chi connectivity index (χ2n) is 6.39. The lowest BCUT2D eigenvalue weighted by Gasteiger charge is -2.24. The highest BCUT2D eigenvalue weighted by atomic mass is 32.2. The Hall–Kier alpha value is -1.67. The second kappa shape index (κ2) is 8.62. The van der Waals surface area contributed by atoms with Gasteiger partial charge >= 0.3 is 0 Å². The van der Waals surface area contributed by atoms with Gasteiger partial charge in [-0.05, 0) is 13.0 Å². The number of likely N-dealkylation sites (N-methyl/N-ethyl adjacent to an activating group) is 1. The number of amides is 2. The van der Waals surface area contributed by atoms with Crippen LogP contribution in [-0.2, 0) is 9.59 Å². The number of carbonyl (C=O) groups is 2. The Balaban J connectivity index is 2.01. The standard InChI is InChI=1S/C17H23F2N3O2S/c1-11-16(24)22(8-6-15(23)20-7-9-21(2)3)17(25-11)13-5-4-12(18)10-14(13)19/h4-5,10-11,17H,6-9H2,1-3H3,(H,20,23)/p+1/t11-,17-/m0/s1. The van der Waals surface area contributed by atoms with Crippen molar-refractivity contribution < 1.29 is 23.3 Å². The third-order valence-electron chi connectivity index (χ3n) is 4.00. The fourth-order valence-corrected chi connectivity index (χ4v) is 3.94. The van der Waals surface area contributed by atoms with Gasteiger partial charge in [0, 0.05) is 24.6 Å². The van der Waals surface area contributed by atoms with Crippen molar-refractivity contribution in [2.24, 2.45) is 0 Å². The van der Waals surface area contributed by atoms with Gasteiger partial charge in [-0.3, -0.25) is 9.59 Å². The molecule has 8 heteroatoms. The Kier molecular flexibility index (Phi) is 6.78. The van der Waals surface area contributed by atoms with Gasteiger partial charge in [-0.25, -0.2) is 8.78 Å². The van der Waals surface area contributed by atoms with Crippen molar-refractivity contribution in [3.05, 3.63) is 35.4 Å². The first-order valence-electron chi connectivity index (χ1n) is 8.26. The molecule has 2 amide bonds. The Morgan fingerprint density at radius 3 is 2.72 bits per heavy atom. The lowest BCUT2D eigenvalue weighted by Crippen LogP contribution is -3.06. The van der Waals surface area contributed by atoms with Crippen LogP contribution in [0.2, 0.25) is 0 Å². The van der Waals surface area contributed by atoms with E-state index in [2.05, 4.69) is 5.32 Å². The second-order valence-corrected chi connectivity index (χ2v) is 7.81. The van der Waals surface area contributed by atoms with Crippen LogP contribution in [0.4, 0.5) is 8.78 Å². The molecule has 5 nitrogen and oxygen atoms in total. The molecule has 2 rings (SSSR count). The lowest BCUT2D eigenvalue weighted by atomic mass is 10.1. The van der Waals surface area contributed by atoms with Crippen LogP contribution in [0.15, 0.2) is 18.2 Å². The third kappa shape index (κ3) is 5.15. The Morgan fingerprint density at radius 1 is 1.36 bits per heavy atom. The smallest absolute Gasteiger partial charge is 0.236 e. The van der Waals surface area contributed by atoms with Crippen LogP contribution < -0.4 is 10.2 Å². The summed E-state index contributed by atoms with van der Waals surface area (Å²) in [5, 5.41) is 1.95. The maximum Gasteiger partial charge on any atom is 0.236 e. The van der Waals surface area contributed by atoms with Gasteiger partial charge in [-0.2, -0.15) is 0 Å². The van der Waals surface area contributed by atoms with Crippen molar-refractivity contribution in [2.45, 2.75) is 24.0 Å². The first-order chi connectivity index (χ1) is 11.8. The number of hydrogen-bond donors (Lipinski definition) is 2. The number of thioether (sulfide) groups is 1. The molecular formula is C17H24F2N3O2S+. The highest BCUT2D eigenvalue weighted by Gasteiger charge is 2.39. The lowest BCUT2D eigenvalue weighted by molar-refractivity contribution is -0.856. The predicted molar refractivity (Wildman–Crippen MR) is 93.2 cm³/mol. The molecule has 138 valence electrons. The van der Waals surface area contributed by atoms with Crippen LogP contribution in [0.1, 0.15) is 24.3 Å². The van der Waals surface area contributed by atoms with Gasteiger partial charge < -0.3 is 15.1 Å². The molecule has 0 bridgehead atoms. The maximum absolute atomic E-state index is 14.1. The van der Waals surface area contributed by atoms with Crippen LogP contribution in [0.25, 0.3) is 0 Å². The molecule has 0 aromatic heterocycles. The molecule has 0 saturated carbocycles. The molecule has 1 heterocycles. The van der Waals surface area contributed by atoms with Crippen molar-refractivity contribution in [3.63, 3.8) is 0 Å². The van der Waals surface area contributed by atoms with E-state index >= 15 is 0 Å². The molecule has 2 N–H and O–H groups in total. The Morgan fingerprint density at radius 2 is 2.08 bits per heavy atom. The normalized spacial score (nSPS) is 20.4. The number of nitrogens with zero attached hydrogens (tertiary/aromatic N) is 1. The summed E-state index contributed by atoms with van der Waals surface area (Å²) in [4.78, 5) is 27.0. The molecule has 25 heavy (non-hydrogen) atoms. The van der Waals surface area contributed by atoms with Gasteiger partial charge in [0.25, 0.3) is 0 Å². The van der Waals surface area contributed by atoms with Gasteiger partial charge in [-0.1, -0.05) is 6.07 Å². The summed E-state index contributed by atoms with van der Waals surface area (Å²) in [6.07, 6.45) is 0.154. The maximum atomic E-state index is 14.1. The number of halogens is 2. The molecule has 1 aliphatic heterocycles. The fraction of sp³-hybridized carbons (Fsp3) is 0.529. The summed E-state index contributed by atoms with van der Waals surface area (Å²) in [7, 11) is 3.99. The van der Waals surface area contributed by atoms with E-state index in [1.54, 1.807) is 6.92 Å². The molecule has 1 fully saturated rings. The minimum atomic E-state index is -0.678. The topological polar surface area (TPSA) is 53.9 Å². The van der Waals surface area contributed by atoms with Crippen molar-refractivity contribution in [2.75, 3.05) is 33.7 Å². The minimum absolute atomic E-state index is 0.135. The molecule has 1 aliphatic rings. The van der Waals surface area contributed by atoms with E-state index in [1.165, 1.54) is 33.7 Å². The van der Waals surface area contributed by atoms with E-state index in [9.17, 15) is 18.4 Å². The highest BCUT2D eigenvalue weighted by molar-refractivity contribution is 8.01. The van der Waals surface area contributed by atoms with Crippen molar-refractivity contribution in [1.82, 2.24) is 10.2 Å². The Bertz CT molecular complexity index is 642. The Labute approximate surface area is 150 Å². The zero-order valence-corrected chi connectivity index (χ0v) is 15.5. The first kappa shape index (κ1) is 19.7. The minimum Gasteiger partial charge on any atom is -0.350 e. The monoisotopic (exact) mass is 372 g/mol. The van der Waals surface area contributed by atoms with E-state index in [4.69, 9.17) is 0 Å². The highest BCUT2D eigenvalue weighted by Crippen LogP contribution is 2.43. The zero-order valence-electron chi connectivity index (χ0n) is 14.6. The number of hydrogen-bond acceptors (Lipinski definition) is 3. The van der Waals surface area contributed by atoms with Crippen molar-refractivity contribution in [3.8, 4) is 0 Å². The van der Waals surface area contributed by atoms with Gasteiger partial charge in [-0.15, -0.1) is 11.8 Å². The van der Waals surface area contributed by atoms with Gasteiger partial charge in [0.05, 0.1) is 32.4 Å². The quantitative estimate of drug-likeness (QED) is 0.736. The van der Waals surface area contributed by atoms with E-state index in [-0.39, 0.29) is 35.6 Å². The number of rotatable bonds is 7. The molecule has 0 aliphatic carbocycles. The first-order valence-corrected chi connectivity index (χ1v) is 9.20. The molecule has 0 unspecified atom stereocenters. The average Bonchev–Trinajstić information content (AvgIpc) is 2.80. The zero-order chi connectivity index (χ0) is 18.6. The predicted octanol–water partition coefficient (Wildman–Crippen LogP) is 0.578. The summed E-state index contributed by atoms with van der Waals surface area (Å²) in [5.74, 6) is -1.61. The molecule has 0 radical (unpaired) electrons. The molecular weight excluding hydrogens is 348 g/mol. The summed E-state index contributed by atoms with van der Waals surface area (Å²) in [6, 6.07) is 3.36. The van der Waals surface area contributed by atoms with Crippen LogP contribution in [0.5, 0.6) is 0 Å². The van der Waals surface area contributed by atoms with Crippen molar-refractivity contribution in [1.29, 1.82) is 0 Å². The SMILES string of the molecule is C[C@@H]1S[C@@H](c2ccc(F)cc2F)N(CCC(=O)NCC[NH+](C)C)C1=O. The van der Waals surface area contributed by atoms with Crippen LogP contribution in [-0.4, -0.2) is 55.7 Å². The third-order valence-corrected chi connectivity index (χ3v) is 5.38. The number of nitrogens with one attached hydrogen (secondary N) is 2. The molecule has 2 atom stereocenters. The van der Waals surface area contributed by atoms with E-state index in [0.717, 1.165) is 12.6 Å². The summed E-state index contributed by atoms with van der Waals surface area (Å²) in [6.45, 7) is 3.33. The summed E-state index contributed by atoms with van der Waals surface area (Å²) in [5.41, 5.74) is 0.265. The average molecular weight is 372 g/mol. The van der Waals surface area contributed by atoms with Crippen molar-refractivity contribution >= 4 is 23.6 Å². The van der Waals surface area contributed by atoms with E-state index in [1.807, 2.05) is 14.1 Å². The van der Waals surface area contributed by atoms with Gasteiger partial charge in [0.15, 0.2) is 0 Å². The van der Waals surface area contributed by atoms with E-state index < -0.39 is 17.0 Å². The number of quaternary nitrogens is 1. The fourth-order valence-electron chi connectivity index (χ4n) is 2.61. The summed E-state index contributed by atoms with van der Waals surface area (Å²) < 4.78 is 27.2. The molecule has 1 saturated heterocycles. The molecule has 1 aromatic carbocycles. The molecule has 1 aromatic rings. The van der Waals surface area contributed by atoms with Crippen LogP contribution in [0, 0.1) is 11.6 Å². The molecule has 0 spiro atoms. The number of carbonyl (C=O) groups excluding carboxylic acids is 2. The number of benzene rings is 1. The van der Waals surface area contributed by atoms with Crippen LogP contribution in [0.3, 0.4) is 0 Å². The summed E-state index contributed by atoms with van der Waals surface area (Å²) >= 11 is 1.31. The van der Waals surface area contributed by atoms with Crippen LogP contribution >= 0.6 is 11.8 Å². The largest absolute Gasteiger partial charge is 0.350 e. The van der Waals surface area contributed by atoms with E-state index in [0.29, 0.717) is 6.54 Å². The van der Waals surface area contributed by atoms with Gasteiger partial charge in [0.2, 0.25) is 11.8 Å².